The molecular formula is C16H22N2O3. The monoisotopic (exact) mass is 290 g/mol. The fourth-order valence-corrected chi connectivity index (χ4v) is 2.62. The van der Waals surface area contributed by atoms with Crippen LogP contribution in [0.3, 0.4) is 0 Å². The zero-order chi connectivity index (χ0) is 15.1. The Morgan fingerprint density at radius 1 is 1.19 bits per heavy atom. The number of carbonyl (C=O) groups is 2. The van der Waals surface area contributed by atoms with Crippen LogP contribution in [0.15, 0.2) is 24.3 Å². The number of hydrogen-bond donors (Lipinski definition) is 2. The van der Waals surface area contributed by atoms with Crippen LogP contribution in [0.5, 0.6) is 5.75 Å². The van der Waals surface area contributed by atoms with Gasteiger partial charge in [0.05, 0.1) is 19.3 Å². The Morgan fingerprint density at radius 3 is 2.62 bits per heavy atom. The van der Waals surface area contributed by atoms with Gasteiger partial charge in [0.15, 0.2) is 0 Å². The molecule has 1 aromatic rings. The van der Waals surface area contributed by atoms with Crippen molar-refractivity contribution in [1.82, 2.24) is 5.32 Å². The first-order chi connectivity index (χ1) is 10.2. The summed E-state index contributed by atoms with van der Waals surface area (Å²) < 4.78 is 5.16. The Morgan fingerprint density at radius 2 is 1.90 bits per heavy atom. The van der Waals surface area contributed by atoms with E-state index < -0.39 is 0 Å². The summed E-state index contributed by atoms with van der Waals surface area (Å²) in [6.45, 7) is -0.00657. The van der Waals surface area contributed by atoms with Crippen molar-refractivity contribution in [2.45, 2.75) is 32.1 Å². The smallest absolute Gasteiger partial charge is 0.243 e. The molecule has 2 amide bonds. The molecule has 1 aromatic carbocycles. The molecule has 1 saturated carbocycles. The van der Waals surface area contributed by atoms with E-state index in [4.69, 9.17) is 4.74 Å². The molecule has 1 aliphatic rings. The highest BCUT2D eigenvalue weighted by atomic mass is 16.5. The van der Waals surface area contributed by atoms with Crippen LogP contribution in [-0.2, 0) is 9.59 Å². The third-order valence-electron chi connectivity index (χ3n) is 3.78. The van der Waals surface area contributed by atoms with E-state index in [-0.39, 0.29) is 24.3 Å². The molecule has 1 aliphatic carbocycles. The van der Waals surface area contributed by atoms with Crippen molar-refractivity contribution in [1.29, 1.82) is 0 Å². The van der Waals surface area contributed by atoms with Gasteiger partial charge in [-0.15, -0.1) is 0 Å². The molecule has 0 heterocycles. The Kier molecular flexibility index (Phi) is 5.60. The zero-order valence-electron chi connectivity index (χ0n) is 12.4. The fraction of sp³-hybridized carbons (Fsp3) is 0.500. The minimum Gasteiger partial charge on any atom is -0.495 e. The summed E-state index contributed by atoms with van der Waals surface area (Å²) in [5.74, 6) is 0.413. The van der Waals surface area contributed by atoms with Crippen LogP contribution in [0.1, 0.15) is 32.1 Å². The molecule has 5 heteroatoms. The number of nitrogens with one attached hydrogen (secondary N) is 2. The summed E-state index contributed by atoms with van der Waals surface area (Å²) in [5.41, 5.74) is 0.608. The fourth-order valence-electron chi connectivity index (χ4n) is 2.62. The molecule has 0 radical (unpaired) electrons. The first-order valence-corrected chi connectivity index (χ1v) is 7.41. The molecule has 2 rings (SSSR count). The van der Waals surface area contributed by atoms with Gasteiger partial charge in [-0.1, -0.05) is 31.4 Å². The molecule has 0 aliphatic heterocycles. The van der Waals surface area contributed by atoms with Crippen molar-refractivity contribution in [2.24, 2.45) is 5.92 Å². The van der Waals surface area contributed by atoms with Gasteiger partial charge < -0.3 is 15.4 Å². The van der Waals surface area contributed by atoms with E-state index in [0.29, 0.717) is 11.4 Å². The van der Waals surface area contributed by atoms with Gasteiger partial charge in [0.25, 0.3) is 0 Å². The van der Waals surface area contributed by atoms with E-state index in [1.807, 2.05) is 12.1 Å². The highest BCUT2D eigenvalue weighted by Crippen LogP contribution is 2.24. The second-order valence-corrected chi connectivity index (χ2v) is 5.30. The summed E-state index contributed by atoms with van der Waals surface area (Å²) in [6.07, 6.45) is 5.27. The molecule has 1 fully saturated rings. The van der Waals surface area contributed by atoms with Crippen LogP contribution in [0.2, 0.25) is 0 Å². The number of rotatable bonds is 5. The third kappa shape index (κ3) is 4.48. The lowest BCUT2D eigenvalue weighted by molar-refractivity contribution is -0.128. The summed E-state index contributed by atoms with van der Waals surface area (Å²) >= 11 is 0. The van der Waals surface area contributed by atoms with Crippen molar-refractivity contribution in [3.05, 3.63) is 24.3 Å². The van der Waals surface area contributed by atoms with Crippen LogP contribution >= 0.6 is 0 Å². The minimum atomic E-state index is -0.247. The van der Waals surface area contributed by atoms with Gasteiger partial charge in [-0.3, -0.25) is 9.59 Å². The molecule has 114 valence electrons. The first-order valence-electron chi connectivity index (χ1n) is 7.41. The highest BCUT2D eigenvalue weighted by molar-refractivity contribution is 5.95. The number of amides is 2. The maximum absolute atomic E-state index is 12.0. The largest absolute Gasteiger partial charge is 0.495 e. The number of carbonyl (C=O) groups excluding carboxylic acids is 2. The average molecular weight is 290 g/mol. The van der Waals surface area contributed by atoms with E-state index in [2.05, 4.69) is 10.6 Å². The van der Waals surface area contributed by atoms with Crippen LogP contribution in [-0.4, -0.2) is 25.5 Å². The van der Waals surface area contributed by atoms with Crippen molar-refractivity contribution in [3.63, 3.8) is 0 Å². The van der Waals surface area contributed by atoms with Gasteiger partial charge in [-0.05, 0) is 25.0 Å². The molecule has 0 spiro atoms. The zero-order valence-corrected chi connectivity index (χ0v) is 12.4. The van der Waals surface area contributed by atoms with E-state index in [1.54, 1.807) is 19.2 Å². The van der Waals surface area contributed by atoms with Gasteiger partial charge in [0.1, 0.15) is 5.75 Å². The van der Waals surface area contributed by atoms with E-state index in [0.717, 1.165) is 25.7 Å². The van der Waals surface area contributed by atoms with Gasteiger partial charge in [0.2, 0.25) is 11.8 Å². The van der Waals surface area contributed by atoms with Crippen molar-refractivity contribution >= 4 is 17.5 Å². The van der Waals surface area contributed by atoms with Crippen LogP contribution in [0, 0.1) is 5.92 Å². The predicted octanol–water partition coefficient (Wildman–Crippen LogP) is 2.33. The van der Waals surface area contributed by atoms with Crippen LogP contribution in [0.25, 0.3) is 0 Å². The van der Waals surface area contributed by atoms with Gasteiger partial charge >= 0.3 is 0 Å². The maximum atomic E-state index is 12.0. The Labute approximate surface area is 125 Å². The third-order valence-corrected chi connectivity index (χ3v) is 3.78. The lowest BCUT2D eigenvalue weighted by Crippen LogP contribution is -2.37. The molecule has 5 nitrogen and oxygen atoms in total. The number of hydrogen-bond acceptors (Lipinski definition) is 3. The number of benzene rings is 1. The normalized spacial score (nSPS) is 15.3. The van der Waals surface area contributed by atoms with Gasteiger partial charge in [0, 0.05) is 5.92 Å². The van der Waals surface area contributed by atoms with Crippen LogP contribution in [0.4, 0.5) is 5.69 Å². The summed E-state index contributed by atoms with van der Waals surface area (Å²) in [7, 11) is 1.55. The molecule has 0 bridgehead atoms. The Bertz CT molecular complexity index is 496. The lowest BCUT2D eigenvalue weighted by Gasteiger charge is -2.20. The molecule has 0 saturated heterocycles. The summed E-state index contributed by atoms with van der Waals surface area (Å²) in [5, 5.41) is 5.46. The number of anilines is 1. The van der Waals surface area contributed by atoms with Gasteiger partial charge in [-0.25, -0.2) is 0 Å². The highest BCUT2D eigenvalue weighted by Gasteiger charge is 2.21. The standard InChI is InChI=1S/C16H22N2O3/c1-21-14-10-6-5-9-13(14)18-15(19)11-17-16(20)12-7-3-2-4-8-12/h5-6,9-10,12H,2-4,7-8,11H2,1H3,(H,17,20)(H,18,19). The minimum absolute atomic E-state index is 0.00657. The van der Waals surface area contributed by atoms with Crippen molar-refractivity contribution in [2.75, 3.05) is 19.0 Å². The summed E-state index contributed by atoms with van der Waals surface area (Å²) in [6, 6.07) is 7.19. The second kappa shape index (κ2) is 7.67. The molecule has 0 atom stereocenters. The van der Waals surface area contributed by atoms with E-state index >= 15 is 0 Å². The molecule has 0 unspecified atom stereocenters. The molecule has 2 N–H and O–H groups in total. The molecule has 21 heavy (non-hydrogen) atoms. The number of ether oxygens (including phenoxy) is 1. The quantitative estimate of drug-likeness (QED) is 0.874. The van der Waals surface area contributed by atoms with E-state index in [9.17, 15) is 9.59 Å². The first kappa shape index (κ1) is 15.4. The molecular weight excluding hydrogens is 268 g/mol. The maximum Gasteiger partial charge on any atom is 0.243 e. The average Bonchev–Trinajstić information content (AvgIpc) is 2.54. The Balaban J connectivity index is 1.80. The molecule has 0 aromatic heterocycles. The number of methoxy groups -OCH3 is 1. The van der Waals surface area contributed by atoms with Crippen molar-refractivity contribution < 1.29 is 14.3 Å². The van der Waals surface area contributed by atoms with E-state index in [1.165, 1.54) is 6.42 Å². The summed E-state index contributed by atoms with van der Waals surface area (Å²) in [4.78, 5) is 23.8. The predicted molar refractivity (Wildman–Crippen MR) is 81.2 cm³/mol. The SMILES string of the molecule is COc1ccccc1NC(=O)CNC(=O)C1CCCCC1. The van der Waals surface area contributed by atoms with Gasteiger partial charge in [-0.2, -0.15) is 0 Å². The second-order valence-electron chi connectivity index (χ2n) is 5.30. The number of para-hydroxylation sites is 2. The topological polar surface area (TPSA) is 67.4 Å². The lowest BCUT2D eigenvalue weighted by atomic mass is 9.89. The van der Waals surface area contributed by atoms with Crippen LogP contribution < -0.4 is 15.4 Å². The van der Waals surface area contributed by atoms with Crippen molar-refractivity contribution in [3.8, 4) is 5.75 Å². The Hall–Kier alpha value is -2.04.